The summed E-state index contributed by atoms with van der Waals surface area (Å²) in [5.41, 5.74) is 0.785. The van der Waals surface area contributed by atoms with E-state index in [-0.39, 0.29) is 18.6 Å². The Balaban J connectivity index is 1.89. The molecular formula is C15H18Cl2N2O2. The molecule has 1 fully saturated rings. The summed E-state index contributed by atoms with van der Waals surface area (Å²) in [4.78, 5) is 13.7. The van der Waals surface area contributed by atoms with Crippen LogP contribution in [0.25, 0.3) is 6.08 Å². The minimum atomic E-state index is -0.158. The number of piperidine rings is 1. The Hall–Kier alpha value is -1.23. The van der Waals surface area contributed by atoms with Crippen molar-refractivity contribution in [1.82, 2.24) is 10.2 Å². The first-order valence-corrected chi connectivity index (χ1v) is 7.63. The van der Waals surface area contributed by atoms with Crippen molar-refractivity contribution in [3.63, 3.8) is 0 Å². The van der Waals surface area contributed by atoms with Crippen LogP contribution in [-0.2, 0) is 0 Å². The largest absolute Gasteiger partial charge is 0.396 e. The van der Waals surface area contributed by atoms with Crippen LogP contribution in [0.1, 0.15) is 18.4 Å². The van der Waals surface area contributed by atoms with Gasteiger partial charge in [0.05, 0.1) is 0 Å². The maximum Gasteiger partial charge on any atom is 0.321 e. The summed E-state index contributed by atoms with van der Waals surface area (Å²) >= 11 is 11.9. The van der Waals surface area contributed by atoms with E-state index in [2.05, 4.69) is 5.32 Å². The molecule has 1 aliphatic heterocycles. The van der Waals surface area contributed by atoms with Crippen molar-refractivity contribution in [2.75, 3.05) is 19.7 Å². The number of rotatable bonds is 3. The second-order valence-corrected chi connectivity index (χ2v) is 5.93. The van der Waals surface area contributed by atoms with Gasteiger partial charge in [-0.25, -0.2) is 4.79 Å². The Kier molecular flexibility index (Phi) is 5.91. The van der Waals surface area contributed by atoms with E-state index in [9.17, 15) is 9.90 Å². The molecule has 6 heteroatoms. The lowest BCUT2D eigenvalue weighted by Gasteiger charge is -2.31. The molecule has 0 spiro atoms. The number of carbonyl (C=O) groups is 1. The number of amides is 2. The zero-order chi connectivity index (χ0) is 15.2. The van der Waals surface area contributed by atoms with E-state index in [0.29, 0.717) is 16.6 Å². The third kappa shape index (κ3) is 4.63. The fraction of sp³-hybridized carbons (Fsp3) is 0.400. The topological polar surface area (TPSA) is 52.6 Å². The molecule has 1 atom stereocenters. The van der Waals surface area contributed by atoms with Crippen molar-refractivity contribution in [3.05, 3.63) is 40.0 Å². The lowest BCUT2D eigenvalue weighted by molar-refractivity contribution is 0.131. The van der Waals surface area contributed by atoms with E-state index < -0.39 is 0 Å². The number of urea groups is 1. The fourth-order valence-corrected chi connectivity index (χ4v) is 2.80. The van der Waals surface area contributed by atoms with Crippen molar-refractivity contribution < 1.29 is 9.90 Å². The van der Waals surface area contributed by atoms with Crippen molar-refractivity contribution in [2.45, 2.75) is 12.8 Å². The van der Waals surface area contributed by atoms with Crippen molar-refractivity contribution in [1.29, 1.82) is 0 Å². The lowest BCUT2D eigenvalue weighted by atomic mass is 9.99. The number of hydrogen-bond donors (Lipinski definition) is 2. The summed E-state index contributed by atoms with van der Waals surface area (Å²) < 4.78 is 0. The summed E-state index contributed by atoms with van der Waals surface area (Å²) in [6.45, 7) is 1.44. The Labute approximate surface area is 134 Å². The number of nitrogens with zero attached hydrogens (tertiary/aromatic N) is 1. The molecule has 0 saturated carbocycles. The lowest BCUT2D eigenvalue weighted by Crippen LogP contribution is -2.44. The minimum absolute atomic E-state index is 0.125. The van der Waals surface area contributed by atoms with Gasteiger partial charge < -0.3 is 15.3 Å². The molecule has 1 aliphatic rings. The molecule has 1 saturated heterocycles. The van der Waals surface area contributed by atoms with Gasteiger partial charge in [0.15, 0.2) is 0 Å². The van der Waals surface area contributed by atoms with E-state index in [1.165, 1.54) is 0 Å². The van der Waals surface area contributed by atoms with Crippen LogP contribution in [0.3, 0.4) is 0 Å². The van der Waals surface area contributed by atoms with E-state index in [4.69, 9.17) is 23.2 Å². The molecule has 2 rings (SSSR count). The Morgan fingerprint density at radius 1 is 1.48 bits per heavy atom. The zero-order valence-corrected chi connectivity index (χ0v) is 13.1. The number of carbonyl (C=O) groups excluding carboxylic acids is 1. The van der Waals surface area contributed by atoms with Crippen LogP contribution >= 0.6 is 23.2 Å². The van der Waals surface area contributed by atoms with Gasteiger partial charge in [0.2, 0.25) is 0 Å². The molecule has 0 aliphatic carbocycles. The van der Waals surface area contributed by atoms with E-state index in [1.807, 2.05) is 0 Å². The van der Waals surface area contributed by atoms with Gasteiger partial charge in [-0.1, -0.05) is 29.3 Å². The molecule has 1 aromatic rings. The molecule has 0 radical (unpaired) electrons. The van der Waals surface area contributed by atoms with Crippen LogP contribution in [0.2, 0.25) is 10.0 Å². The minimum Gasteiger partial charge on any atom is -0.396 e. The van der Waals surface area contributed by atoms with Gasteiger partial charge in [0.1, 0.15) is 0 Å². The Morgan fingerprint density at radius 2 is 2.29 bits per heavy atom. The van der Waals surface area contributed by atoms with Gasteiger partial charge in [0.25, 0.3) is 0 Å². The molecule has 1 unspecified atom stereocenters. The van der Waals surface area contributed by atoms with Gasteiger partial charge in [-0.2, -0.15) is 0 Å². The van der Waals surface area contributed by atoms with Gasteiger partial charge in [0, 0.05) is 35.9 Å². The molecule has 2 amide bonds. The van der Waals surface area contributed by atoms with E-state index in [0.717, 1.165) is 24.9 Å². The summed E-state index contributed by atoms with van der Waals surface area (Å²) in [5, 5.41) is 13.0. The quantitative estimate of drug-likeness (QED) is 0.893. The Bertz CT molecular complexity index is 534. The molecular weight excluding hydrogens is 311 g/mol. The van der Waals surface area contributed by atoms with Gasteiger partial charge in [-0.3, -0.25) is 0 Å². The highest BCUT2D eigenvalue weighted by atomic mass is 35.5. The summed E-state index contributed by atoms with van der Waals surface area (Å²) in [7, 11) is 0. The SMILES string of the molecule is O=C(N/C=C/c1ccc(Cl)cc1Cl)N1CCCC(CO)C1. The second-order valence-electron chi connectivity index (χ2n) is 5.09. The molecule has 4 nitrogen and oxygen atoms in total. The molecule has 0 aromatic heterocycles. The molecule has 1 heterocycles. The zero-order valence-electron chi connectivity index (χ0n) is 11.6. The van der Waals surface area contributed by atoms with Crippen LogP contribution in [0.15, 0.2) is 24.4 Å². The summed E-state index contributed by atoms with van der Waals surface area (Å²) in [6.07, 6.45) is 5.19. The standard InChI is InChI=1S/C15H18Cl2N2O2/c16-13-4-3-12(14(17)8-13)5-6-18-15(21)19-7-1-2-11(9-19)10-20/h3-6,8,11,20H,1-2,7,9-10H2,(H,18,21)/b6-5+. The maximum absolute atomic E-state index is 12.0. The van der Waals surface area contributed by atoms with Gasteiger partial charge >= 0.3 is 6.03 Å². The average Bonchev–Trinajstić information content (AvgIpc) is 2.49. The smallest absolute Gasteiger partial charge is 0.321 e. The number of likely N-dealkylation sites (tertiary alicyclic amines) is 1. The van der Waals surface area contributed by atoms with Crippen LogP contribution in [-0.4, -0.2) is 35.7 Å². The highest BCUT2D eigenvalue weighted by molar-refractivity contribution is 6.35. The number of benzene rings is 1. The normalized spacial score (nSPS) is 19.0. The average molecular weight is 329 g/mol. The van der Waals surface area contributed by atoms with Crippen LogP contribution in [0.5, 0.6) is 0 Å². The molecule has 21 heavy (non-hydrogen) atoms. The highest BCUT2D eigenvalue weighted by Crippen LogP contribution is 2.21. The molecule has 2 N–H and O–H groups in total. The summed E-state index contributed by atoms with van der Waals surface area (Å²) in [5.74, 6) is 0.180. The number of nitrogens with one attached hydrogen (secondary N) is 1. The van der Waals surface area contributed by atoms with E-state index >= 15 is 0 Å². The van der Waals surface area contributed by atoms with Crippen molar-refractivity contribution in [2.24, 2.45) is 5.92 Å². The van der Waals surface area contributed by atoms with Gasteiger partial charge in [-0.05, 0) is 42.5 Å². The number of aliphatic hydroxyl groups excluding tert-OH is 1. The van der Waals surface area contributed by atoms with Crippen LogP contribution in [0, 0.1) is 5.92 Å². The first kappa shape index (κ1) is 16.1. The molecule has 1 aromatic carbocycles. The predicted octanol–water partition coefficient (Wildman–Crippen LogP) is 3.38. The summed E-state index contributed by atoms with van der Waals surface area (Å²) in [6, 6.07) is 5.03. The first-order chi connectivity index (χ1) is 10.1. The third-order valence-electron chi connectivity index (χ3n) is 3.50. The number of halogens is 2. The monoisotopic (exact) mass is 328 g/mol. The number of hydrogen-bond acceptors (Lipinski definition) is 2. The fourth-order valence-electron chi connectivity index (χ4n) is 2.33. The van der Waals surface area contributed by atoms with E-state index in [1.54, 1.807) is 35.4 Å². The Morgan fingerprint density at radius 3 is 3.00 bits per heavy atom. The first-order valence-electron chi connectivity index (χ1n) is 6.88. The van der Waals surface area contributed by atoms with Crippen LogP contribution in [0.4, 0.5) is 4.79 Å². The van der Waals surface area contributed by atoms with Crippen molar-refractivity contribution >= 4 is 35.3 Å². The van der Waals surface area contributed by atoms with Crippen molar-refractivity contribution in [3.8, 4) is 0 Å². The predicted molar refractivity (Wildman–Crippen MR) is 85.4 cm³/mol. The van der Waals surface area contributed by atoms with Gasteiger partial charge in [-0.15, -0.1) is 0 Å². The number of aliphatic hydroxyl groups is 1. The maximum atomic E-state index is 12.0. The molecule has 114 valence electrons. The third-order valence-corrected chi connectivity index (χ3v) is 4.06. The second kappa shape index (κ2) is 7.69. The highest BCUT2D eigenvalue weighted by Gasteiger charge is 2.22. The molecule has 0 bridgehead atoms. The van der Waals surface area contributed by atoms with Crippen LogP contribution < -0.4 is 5.32 Å².